The molecule has 1 aliphatic rings. The zero-order chi connectivity index (χ0) is 21.6. The van der Waals surface area contributed by atoms with Crippen molar-refractivity contribution in [3.8, 4) is 0 Å². The van der Waals surface area contributed by atoms with Crippen LogP contribution in [0.15, 0.2) is 40.5 Å². The van der Waals surface area contributed by atoms with E-state index in [0.29, 0.717) is 36.5 Å². The van der Waals surface area contributed by atoms with Crippen molar-refractivity contribution in [3.05, 3.63) is 41.2 Å². The summed E-state index contributed by atoms with van der Waals surface area (Å²) < 4.78 is 47.8. The predicted octanol–water partition coefficient (Wildman–Crippen LogP) is 1.85. The zero-order valence-corrected chi connectivity index (χ0v) is 17.7. The van der Waals surface area contributed by atoms with E-state index in [2.05, 4.69) is 15.5 Å². The average molecular weight is 458 g/mol. The molecule has 9 nitrogen and oxygen atoms in total. The van der Waals surface area contributed by atoms with Crippen LogP contribution in [-0.4, -0.2) is 63.8 Å². The molecular weight excluding hydrogens is 437 g/mol. The van der Waals surface area contributed by atoms with E-state index in [1.54, 1.807) is 0 Å². The minimum absolute atomic E-state index is 0.0631. The number of anilines is 1. The van der Waals surface area contributed by atoms with Gasteiger partial charge in [0.25, 0.3) is 5.91 Å². The molecule has 12 heteroatoms. The van der Waals surface area contributed by atoms with Crippen LogP contribution in [0.4, 0.5) is 9.52 Å². The summed E-state index contributed by atoms with van der Waals surface area (Å²) in [6, 6.07) is 5.67. The lowest BCUT2D eigenvalue weighted by Crippen LogP contribution is -2.25. The molecule has 1 fully saturated rings. The summed E-state index contributed by atoms with van der Waals surface area (Å²) >= 11 is 0.669. The van der Waals surface area contributed by atoms with Crippen molar-refractivity contribution in [2.45, 2.75) is 17.4 Å². The van der Waals surface area contributed by atoms with Crippen molar-refractivity contribution in [2.24, 2.45) is 5.16 Å². The maximum atomic E-state index is 13.2. The Balaban J connectivity index is 1.83. The van der Waals surface area contributed by atoms with Gasteiger partial charge >= 0.3 is 0 Å². The molecule has 0 spiro atoms. The summed E-state index contributed by atoms with van der Waals surface area (Å²) in [5.74, 6) is -0.830. The Morgan fingerprint density at radius 1 is 1.40 bits per heavy atom. The normalized spacial score (nSPS) is 17.1. The number of nitrogens with zero attached hydrogens (tertiary/aromatic N) is 2. The zero-order valence-electron chi connectivity index (χ0n) is 16.0. The van der Waals surface area contributed by atoms with E-state index in [1.807, 2.05) is 0 Å². The first-order valence-corrected chi connectivity index (χ1v) is 11.4. The molecule has 0 unspecified atom stereocenters. The number of oxime groups is 1. The fourth-order valence-corrected chi connectivity index (χ4v) is 4.26. The van der Waals surface area contributed by atoms with E-state index in [-0.39, 0.29) is 34.2 Å². The van der Waals surface area contributed by atoms with Gasteiger partial charge in [-0.3, -0.25) is 10.1 Å². The Hall–Kier alpha value is -2.41. The Kier molecular flexibility index (Phi) is 7.48. The van der Waals surface area contributed by atoms with Gasteiger partial charge in [-0.25, -0.2) is 13.4 Å². The van der Waals surface area contributed by atoms with Crippen LogP contribution in [-0.2, 0) is 28.9 Å². The first-order chi connectivity index (χ1) is 14.4. The van der Waals surface area contributed by atoms with Crippen LogP contribution in [0.3, 0.4) is 0 Å². The van der Waals surface area contributed by atoms with Crippen LogP contribution < -0.4 is 5.32 Å². The smallest absolute Gasteiger partial charge is 0.280 e. The number of benzene rings is 1. The van der Waals surface area contributed by atoms with Crippen molar-refractivity contribution in [1.82, 2.24) is 4.98 Å². The largest absolute Gasteiger partial charge is 0.389 e. The van der Waals surface area contributed by atoms with Gasteiger partial charge in [0.15, 0.2) is 31.9 Å². The van der Waals surface area contributed by atoms with Crippen LogP contribution >= 0.6 is 11.3 Å². The SMILES string of the molecule is COCCS(=O)(=O)c1ccc(/C(=N\O[C@@H]2CCOC2)C(=O)Nc2ncc(F)s2)cc1. The van der Waals surface area contributed by atoms with Gasteiger partial charge in [-0.05, 0) is 12.1 Å². The molecule has 1 N–H and O–H groups in total. The van der Waals surface area contributed by atoms with Gasteiger partial charge in [0.05, 0.1) is 36.7 Å². The van der Waals surface area contributed by atoms with E-state index in [1.165, 1.54) is 31.4 Å². The molecule has 1 saturated heterocycles. The molecule has 2 aromatic rings. The first-order valence-electron chi connectivity index (χ1n) is 8.95. The summed E-state index contributed by atoms with van der Waals surface area (Å²) in [6.45, 7) is 0.960. The predicted molar refractivity (Wildman–Crippen MR) is 108 cm³/mol. The third-order valence-electron chi connectivity index (χ3n) is 4.14. The molecule has 162 valence electrons. The number of sulfone groups is 1. The molecule has 0 radical (unpaired) electrons. The maximum absolute atomic E-state index is 13.2. The second-order valence-electron chi connectivity index (χ2n) is 6.29. The van der Waals surface area contributed by atoms with Gasteiger partial charge in [0, 0.05) is 19.1 Å². The Morgan fingerprint density at radius 2 is 2.17 bits per heavy atom. The number of nitrogens with one attached hydrogen (secondary N) is 1. The molecule has 30 heavy (non-hydrogen) atoms. The highest BCUT2D eigenvalue weighted by atomic mass is 32.2. The molecule has 0 bridgehead atoms. The minimum Gasteiger partial charge on any atom is -0.389 e. The summed E-state index contributed by atoms with van der Waals surface area (Å²) in [4.78, 5) is 22.0. The molecule has 2 heterocycles. The van der Waals surface area contributed by atoms with Gasteiger partial charge in [0.2, 0.25) is 0 Å². The van der Waals surface area contributed by atoms with Crippen LogP contribution in [0.2, 0.25) is 0 Å². The number of halogens is 1. The third-order valence-corrected chi connectivity index (χ3v) is 6.53. The number of ether oxygens (including phenoxy) is 2. The van der Waals surface area contributed by atoms with E-state index >= 15 is 0 Å². The number of methoxy groups -OCH3 is 1. The highest BCUT2D eigenvalue weighted by Gasteiger charge is 2.22. The Labute approximate surface area is 176 Å². The summed E-state index contributed by atoms with van der Waals surface area (Å²) in [5.41, 5.74) is 0.229. The number of hydrogen-bond donors (Lipinski definition) is 1. The minimum atomic E-state index is -3.52. The lowest BCUT2D eigenvalue weighted by Gasteiger charge is -2.10. The second kappa shape index (κ2) is 10.1. The first kappa shape index (κ1) is 22.3. The highest BCUT2D eigenvalue weighted by Crippen LogP contribution is 2.18. The summed E-state index contributed by atoms with van der Waals surface area (Å²) in [7, 11) is -2.10. The van der Waals surface area contributed by atoms with E-state index in [0.717, 1.165) is 6.20 Å². The van der Waals surface area contributed by atoms with E-state index in [4.69, 9.17) is 14.3 Å². The Morgan fingerprint density at radius 3 is 2.77 bits per heavy atom. The molecule has 3 rings (SSSR count). The maximum Gasteiger partial charge on any atom is 0.280 e. The number of thiazole rings is 1. The Bertz CT molecular complexity index is 1000. The van der Waals surface area contributed by atoms with Crippen molar-refractivity contribution < 1.29 is 31.9 Å². The standard InChI is InChI=1S/C18H20FN3O6S2/c1-26-8-9-30(24,25)14-4-2-12(3-5-14)16(22-28-13-6-7-27-11-13)17(23)21-18-20-10-15(19)29-18/h2-5,10,13H,6-9,11H2,1H3,(H,20,21,23)/b22-16+/t13-/m1/s1. The molecular formula is C18H20FN3O6S2. The van der Waals surface area contributed by atoms with Crippen LogP contribution in [0.5, 0.6) is 0 Å². The number of aromatic nitrogens is 1. The van der Waals surface area contributed by atoms with Gasteiger partial charge in [-0.2, -0.15) is 4.39 Å². The van der Waals surface area contributed by atoms with Gasteiger partial charge in [-0.1, -0.05) is 28.6 Å². The molecule has 1 aliphatic heterocycles. The summed E-state index contributed by atoms with van der Waals surface area (Å²) in [6.07, 6.45) is 1.33. The van der Waals surface area contributed by atoms with E-state index in [9.17, 15) is 17.6 Å². The highest BCUT2D eigenvalue weighted by molar-refractivity contribution is 7.91. The lowest BCUT2D eigenvalue weighted by atomic mass is 10.1. The number of carbonyl (C=O) groups is 1. The monoisotopic (exact) mass is 457 g/mol. The molecule has 1 atom stereocenters. The third kappa shape index (κ3) is 5.81. The molecule has 1 amide bonds. The average Bonchev–Trinajstić information content (AvgIpc) is 3.39. The number of hydrogen-bond acceptors (Lipinski definition) is 9. The molecule has 0 saturated carbocycles. The van der Waals surface area contributed by atoms with Crippen molar-refractivity contribution in [3.63, 3.8) is 0 Å². The van der Waals surface area contributed by atoms with E-state index < -0.39 is 20.9 Å². The van der Waals surface area contributed by atoms with Crippen LogP contribution in [0, 0.1) is 5.13 Å². The van der Waals surface area contributed by atoms with Crippen molar-refractivity contribution >= 4 is 37.9 Å². The van der Waals surface area contributed by atoms with Crippen molar-refractivity contribution in [2.75, 3.05) is 38.0 Å². The lowest BCUT2D eigenvalue weighted by molar-refractivity contribution is -0.110. The summed E-state index contributed by atoms with van der Waals surface area (Å²) in [5, 5.41) is 5.94. The topological polar surface area (TPSA) is 116 Å². The number of carbonyl (C=O) groups excluding carboxylic acids is 1. The number of rotatable bonds is 9. The van der Waals surface area contributed by atoms with Gasteiger partial charge < -0.3 is 14.3 Å². The second-order valence-corrected chi connectivity index (χ2v) is 9.38. The van der Waals surface area contributed by atoms with Gasteiger partial charge in [0.1, 0.15) is 0 Å². The number of amides is 1. The molecule has 1 aromatic carbocycles. The van der Waals surface area contributed by atoms with Gasteiger partial charge in [-0.15, -0.1) is 0 Å². The van der Waals surface area contributed by atoms with Crippen molar-refractivity contribution in [1.29, 1.82) is 0 Å². The van der Waals surface area contributed by atoms with Crippen LogP contribution in [0.1, 0.15) is 12.0 Å². The quantitative estimate of drug-likeness (QED) is 0.451. The fraction of sp³-hybridized carbons (Fsp3) is 0.389. The molecule has 1 aromatic heterocycles. The van der Waals surface area contributed by atoms with Crippen LogP contribution in [0.25, 0.3) is 0 Å². The molecule has 0 aliphatic carbocycles. The fourth-order valence-electron chi connectivity index (χ4n) is 2.55.